The van der Waals surface area contributed by atoms with E-state index in [2.05, 4.69) is 11.8 Å². The summed E-state index contributed by atoms with van der Waals surface area (Å²) in [4.78, 5) is 0.348. The van der Waals surface area contributed by atoms with E-state index in [1.54, 1.807) is 22.5 Å². The molecule has 1 saturated carbocycles. The first-order valence-electron chi connectivity index (χ1n) is 7.28. The number of sulfonamides is 1. The van der Waals surface area contributed by atoms with E-state index >= 15 is 0 Å². The van der Waals surface area contributed by atoms with Crippen molar-refractivity contribution in [2.24, 2.45) is 11.7 Å². The summed E-state index contributed by atoms with van der Waals surface area (Å²) in [6, 6.07) is 5.10. The van der Waals surface area contributed by atoms with Gasteiger partial charge in [-0.15, -0.1) is 0 Å². The van der Waals surface area contributed by atoms with Gasteiger partial charge in [0.05, 0.1) is 11.4 Å². The van der Waals surface area contributed by atoms with E-state index in [4.69, 9.17) is 5.73 Å². The van der Waals surface area contributed by atoms with Gasteiger partial charge in [0.15, 0.2) is 0 Å². The summed E-state index contributed by atoms with van der Waals surface area (Å²) in [7, 11) is -3.41. The van der Waals surface area contributed by atoms with Crippen LogP contribution >= 0.6 is 0 Å². The molecular formula is C16H22N2O2S. The van der Waals surface area contributed by atoms with Crippen molar-refractivity contribution in [3.8, 4) is 11.8 Å². The Bertz CT molecular complexity index is 667. The Kier molecular flexibility index (Phi) is 5.04. The lowest BCUT2D eigenvalue weighted by Crippen LogP contribution is -2.32. The molecule has 0 amide bonds. The molecule has 114 valence electrons. The molecule has 0 heterocycles. The molecule has 0 aromatic heterocycles. The second-order valence-electron chi connectivity index (χ2n) is 5.38. The molecule has 0 atom stereocenters. The standard InChI is InChI=1S/C16H22N2O2S/c1-3-18(12-14-6-7-14)21(19,20)16-9-8-15(5-4-10-17)13(2)11-16/h8-9,11,14H,3,6-7,10,12,17H2,1-2H3. The lowest BCUT2D eigenvalue weighted by molar-refractivity contribution is 0.412. The van der Waals surface area contributed by atoms with Gasteiger partial charge >= 0.3 is 0 Å². The van der Waals surface area contributed by atoms with Crippen molar-refractivity contribution in [3.05, 3.63) is 29.3 Å². The molecule has 2 N–H and O–H groups in total. The molecule has 1 aliphatic rings. The number of nitrogens with zero attached hydrogens (tertiary/aromatic N) is 1. The van der Waals surface area contributed by atoms with Crippen LogP contribution in [0.4, 0.5) is 0 Å². The number of nitrogens with two attached hydrogens (primary N) is 1. The number of rotatable bonds is 5. The minimum atomic E-state index is -3.41. The number of hydrogen-bond acceptors (Lipinski definition) is 3. The monoisotopic (exact) mass is 306 g/mol. The van der Waals surface area contributed by atoms with Crippen molar-refractivity contribution in [1.29, 1.82) is 0 Å². The largest absolute Gasteiger partial charge is 0.320 e. The fraction of sp³-hybridized carbons (Fsp3) is 0.500. The fourth-order valence-corrected chi connectivity index (χ4v) is 3.83. The van der Waals surface area contributed by atoms with Gasteiger partial charge in [0.1, 0.15) is 0 Å². The maximum Gasteiger partial charge on any atom is 0.243 e. The van der Waals surface area contributed by atoms with Crippen LogP contribution in [-0.4, -0.2) is 32.4 Å². The molecule has 0 aliphatic heterocycles. The zero-order valence-electron chi connectivity index (χ0n) is 12.6. The molecule has 0 bridgehead atoms. The molecule has 2 rings (SSSR count). The fourth-order valence-electron chi connectivity index (χ4n) is 2.22. The SMILES string of the molecule is CCN(CC1CC1)S(=O)(=O)c1ccc(C#CCN)c(C)c1. The smallest absolute Gasteiger partial charge is 0.243 e. The van der Waals surface area contributed by atoms with Gasteiger partial charge < -0.3 is 5.73 Å². The maximum atomic E-state index is 12.7. The van der Waals surface area contributed by atoms with Crippen LogP contribution in [-0.2, 0) is 10.0 Å². The second-order valence-corrected chi connectivity index (χ2v) is 7.32. The molecule has 0 radical (unpaired) electrons. The number of hydrogen-bond donors (Lipinski definition) is 1. The Morgan fingerprint density at radius 3 is 2.62 bits per heavy atom. The van der Waals surface area contributed by atoms with Gasteiger partial charge in [0.2, 0.25) is 10.0 Å². The number of aryl methyl sites for hydroxylation is 1. The van der Waals surface area contributed by atoms with Crippen LogP contribution in [0.1, 0.15) is 30.9 Å². The van der Waals surface area contributed by atoms with E-state index in [1.165, 1.54) is 0 Å². The Balaban J connectivity index is 2.28. The van der Waals surface area contributed by atoms with Gasteiger partial charge in [-0.2, -0.15) is 4.31 Å². The molecule has 0 saturated heterocycles. The number of benzene rings is 1. The van der Waals surface area contributed by atoms with E-state index in [-0.39, 0.29) is 0 Å². The summed E-state index contributed by atoms with van der Waals surface area (Å²) < 4.78 is 26.9. The maximum absolute atomic E-state index is 12.7. The molecule has 1 aliphatic carbocycles. The quantitative estimate of drug-likeness (QED) is 0.843. The summed E-state index contributed by atoms with van der Waals surface area (Å²) in [5.74, 6) is 6.28. The summed E-state index contributed by atoms with van der Waals surface area (Å²) in [6.45, 7) is 5.19. The van der Waals surface area contributed by atoms with Crippen molar-refractivity contribution in [2.45, 2.75) is 31.6 Å². The topological polar surface area (TPSA) is 63.4 Å². The van der Waals surface area contributed by atoms with E-state index in [0.717, 1.165) is 24.0 Å². The lowest BCUT2D eigenvalue weighted by Gasteiger charge is -2.20. The van der Waals surface area contributed by atoms with Crippen LogP contribution in [0, 0.1) is 24.7 Å². The normalized spacial score (nSPS) is 14.9. The summed E-state index contributed by atoms with van der Waals surface area (Å²) in [5.41, 5.74) is 7.04. The first-order valence-corrected chi connectivity index (χ1v) is 8.72. The van der Waals surface area contributed by atoms with Crippen molar-refractivity contribution in [2.75, 3.05) is 19.6 Å². The van der Waals surface area contributed by atoms with Crippen LogP contribution in [0.25, 0.3) is 0 Å². The first kappa shape index (κ1) is 16.0. The van der Waals surface area contributed by atoms with Gasteiger partial charge in [0, 0.05) is 18.7 Å². The van der Waals surface area contributed by atoms with Crippen molar-refractivity contribution in [1.82, 2.24) is 4.31 Å². The minimum absolute atomic E-state index is 0.296. The molecule has 21 heavy (non-hydrogen) atoms. The van der Waals surface area contributed by atoms with Crippen LogP contribution in [0.15, 0.2) is 23.1 Å². The van der Waals surface area contributed by atoms with Gasteiger partial charge in [-0.1, -0.05) is 18.8 Å². The average molecular weight is 306 g/mol. The van der Waals surface area contributed by atoms with Crippen molar-refractivity contribution in [3.63, 3.8) is 0 Å². The molecule has 1 aromatic carbocycles. The Labute approximate surface area is 127 Å². The Morgan fingerprint density at radius 2 is 2.10 bits per heavy atom. The third-order valence-corrected chi connectivity index (χ3v) is 5.61. The van der Waals surface area contributed by atoms with E-state index in [1.807, 2.05) is 13.8 Å². The molecule has 1 fully saturated rings. The average Bonchev–Trinajstić information content (AvgIpc) is 3.27. The Hall–Kier alpha value is -1.35. The zero-order chi connectivity index (χ0) is 15.5. The Morgan fingerprint density at radius 1 is 1.38 bits per heavy atom. The van der Waals surface area contributed by atoms with Gasteiger partial charge in [-0.05, 0) is 49.4 Å². The van der Waals surface area contributed by atoms with E-state index < -0.39 is 10.0 Å². The second kappa shape index (κ2) is 6.61. The third-order valence-electron chi connectivity index (χ3n) is 3.67. The van der Waals surface area contributed by atoms with E-state index in [9.17, 15) is 8.42 Å². The molecule has 0 unspecified atom stereocenters. The summed E-state index contributed by atoms with van der Waals surface area (Å²) in [6.07, 6.45) is 2.28. The molecule has 4 nitrogen and oxygen atoms in total. The van der Waals surface area contributed by atoms with Gasteiger partial charge in [0.25, 0.3) is 0 Å². The highest BCUT2D eigenvalue weighted by Gasteiger charge is 2.30. The zero-order valence-corrected chi connectivity index (χ0v) is 13.4. The van der Waals surface area contributed by atoms with Crippen molar-refractivity contribution >= 4 is 10.0 Å². The predicted octanol–water partition coefficient (Wildman–Crippen LogP) is 1.73. The minimum Gasteiger partial charge on any atom is -0.320 e. The van der Waals surface area contributed by atoms with Gasteiger partial charge in [-0.3, -0.25) is 0 Å². The molecule has 5 heteroatoms. The lowest BCUT2D eigenvalue weighted by atomic mass is 10.1. The summed E-state index contributed by atoms with van der Waals surface area (Å²) in [5, 5.41) is 0. The molecule has 0 spiro atoms. The third kappa shape index (κ3) is 3.85. The van der Waals surface area contributed by atoms with Crippen LogP contribution in [0.5, 0.6) is 0 Å². The highest BCUT2D eigenvalue weighted by atomic mass is 32.2. The van der Waals surface area contributed by atoms with Gasteiger partial charge in [-0.25, -0.2) is 8.42 Å². The molecular weight excluding hydrogens is 284 g/mol. The first-order chi connectivity index (χ1) is 9.98. The highest BCUT2D eigenvalue weighted by Crippen LogP contribution is 2.31. The van der Waals surface area contributed by atoms with Crippen LogP contribution in [0.3, 0.4) is 0 Å². The van der Waals surface area contributed by atoms with Crippen molar-refractivity contribution < 1.29 is 8.42 Å². The van der Waals surface area contributed by atoms with E-state index in [0.29, 0.717) is 30.4 Å². The van der Waals surface area contributed by atoms with Crippen LogP contribution in [0.2, 0.25) is 0 Å². The van der Waals surface area contributed by atoms with Crippen LogP contribution < -0.4 is 5.73 Å². The predicted molar refractivity (Wildman–Crippen MR) is 84.3 cm³/mol. The highest BCUT2D eigenvalue weighted by molar-refractivity contribution is 7.89. The summed E-state index contributed by atoms with van der Waals surface area (Å²) >= 11 is 0. The molecule has 1 aromatic rings.